The SMILES string of the molecule is CCCCCCCCCC(=O)NN=Cc1ccncc1. The van der Waals surface area contributed by atoms with Gasteiger partial charge in [-0.2, -0.15) is 5.10 Å². The molecule has 0 aliphatic carbocycles. The van der Waals surface area contributed by atoms with E-state index in [0.717, 1.165) is 18.4 Å². The van der Waals surface area contributed by atoms with Crippen molar-refractivity contribution in [2.75, 3.05) is 0 Å². The molecular weight excluding hydrogens is 250 g/mol. The fourth-order valence-corrected chi connectivity index (χ4v) is 1.93. The van der Waals surface area contributed by atoms with Gasteiger partial charge in [-0.3, -0.25) is 9.78 Å². The molecule has 4 heteroatoms. The topological polar surface area (TPSA) is 54.4 Å². The van der Waals surface area contributed by atoms with Crippen LogP contribution in [0.1, 0.15) is 63.9 Å². The molecule has 0 atom stereocenters. The van der Waals surface area contributed by atoms with Gasteiger partial charge in [0.05, 0.1) is 6.21 Å². The molecule has 0 fully saturated rings. The summed E-state index contributed by atoms with van der Waals surface area (Å²) in [5, 5.41) is 3.93. The highest BCUT2D eigenvalue weighted by Gasteiger charge is 1.99. The molecule has 110 valence electrons. The molecule has 0 unspecified atom stereocenters. The van der Waals surface area contributed by atoms with Crippen LogP contribution < -0.4 is 5.43 Å². The monoisotopic (exact) mass is 275 g/mol. The molecule has 1 heterocycles. The van der Waals surface area contributed by atoms with Crippen LogP contribution in [0.5, 0.6) is 0 Å². The number of unbranched alkanes of at least 4 members (excludes halogenated alkanes) is 6. The van der Waals surface area contributed by atoms with Crippen molar-refractivity contribution in [1.82, 2.24) is 10.4 Å². The summed E-state index contributed by atoms with van der Waals surface area (Å²) in [6.45, 7) is 2.22. The number of hydrogen-bond donors (Lipinski definition) is 1. The lowest BCUT2D eigenvalue weighted by molar-refractivity contribution is -0.121. The van der Waals surface area contributed by atoms with Gasteiger partial charge in [0.15, 0.2) is 0 Å². The molecule has 0 radical (unpaired) electrons. The van der Waals surface area contributed by atoms with Crippen LogP contribution in [0.4, 0.5) is 0 Å². The Hall–Kier alpha value is -1.71. The minimum atomic E-state index is -0.0103. The first-order valence-corrected chi connectivity index (χ1v) is 7.55. The first kappa shape index (κ1) is 16.3. The maximum absolute atomic E-state index is 11.5. The van der Waals surface area contributed by atoms with Gasteiger partial charge in [0, 0.05) is 18.8 Å². The summed E-state index contributed by atoms with van der Waals surface area (Å²) >= 11 is 0. The Labute approximate surface area is 121 Å². The van der Waals surface area contributed by atoms with Gasteiger partial charge in [-0.05, 0) is 24.1 Å². The summed E-state index contributed by atoms with van der Waals surface area (Å²) in [7, 11) is 0. The average Bonchev–Trinajstić information content (AvgIpc) is 2.47. The van der Waals surface area contributed by atoms with E-state index in [-0.39, 0.29) is 5.91 Å². The van der Waals surface area contributed by atoms with Crippen molar-refractivity contribution in [2.45, 2.75) is 58.3 Å². The number of aromatic nitrogens is 1. The second-order valence-electron chi connectivity index (χ2n) is 4.95. The smallest absolute Gasteiger partial charge is 0.240 e. The van der Waals surface area contributed by atoms with E-state index in [1.165, 1.54) is 32.1 Å². The van der Waals surface area contributed by atoms with Crippen molar-refractivity contribution in [1.29, 1.82) is 0 Å². The van der Waals surface area contributed by atoms with Crippen LogP contribution in [0.2, 0.25) is 0 Å². The number of hydrazone groups is 1. The maximum atomic E-state index is 11.5. The van der Waals surface area contributed by atoms with Gasteiger partial charge in [0.25, 0.3) is 0 Å². The third kappa shape index (κ3) is 8.40. The first-order valence-electron chi connectivity index (χ1n) is 7.55. The number of nitrogens with one attached hydrogen (secondary N) is 1. The third-order valence-corrected chi connectivity index (χ3v) is 3.12. The van der Waals surface area contributed by atoms with Crippen molar-refractivity contribution < 1.29 is 4.79 Å². The molecule has 0 spiro atoms. The zero-order chi connectivity index (χ0) is 14.5. The van der Waals surface area contributed by atoms with Gasteiger partial charge in [-0.25, -0.2) is 5.43 Å². The van der Waals surface area contributed by atoms with Crippen LogP contribution in [-0.4, -0.2) is 17.1 Å². The Kier molecular flexibility index (Phi) is 9.11. The van der Waals surface area contributed by atoms with E-state index in [9.17, 15) is 4.79 Å². The van der Waals surface area contributed by atoms with Crippen molar-refractivity contribution in [3.05, 3.63) is 30.1 Å². The molecular formula is C16H25N3O. The minimum Gasteiger partial charge on any atom is -0.273 e. The zero-order valence-corrected chi connectivity index (χ0v) is 12.3. The second-order valence-corrected chi connectivity index (χ2v) is 4.95. The molecule has 0 aromatic carbocycles. The standard InChI is InChI=1S/C16H25N3O/c1-2-3-4-5-6-7-8-9-16(20)19-18-14-15-10-12-17-13-11-15/h10-14H,2-9H2,1H3,(H,19,20). The first-order chi connectivity index (χ1) is 9.83. The van der Waals surface area contributed by atoms with Gasteiger partial charge >= 0.3 is 0 Å². The van der Waals surface area contributed by atoms with Crippen LogP contribution in [0.15, 0.2) is 29.6 Å². The van der Waals surface area contributed by atoms with Crippen LogP contribution in [0, 0.1) is 0 Å². The summed E-state index contributed by atoms with van der Waals surface area (Å²) < 4.78 is 0. The summed E-state index contributed by atoms with van der Waals surface area (Å²) in [6.07, 6.45) is 14.1. The number of amides is 1. The van der Waals surface area contributed by atoms with E-state index >= 15 is 0 Å². The molecule has 0 saturated carbocycles. The predicted octanol–water partition coefficient (Wildman–Crippen LogP) is 3.67. The van der Waals surface area contributed by atoms with Gasteiger partial charge in [-0.1, -0.05) is 45.4 Å². The Bertz CT molecular complexity index is 390. The van der Waals surface area contributed by atoms with E-state index in [1.54, 1.807) is 18.6 Å². The Morgan fingerprint density at radius 3 is 2.50 bits per heavy atom. The highest BCUT2D eigenvalue weighted by molar-refractivity contribution is 5.82. The van der Waals surface area contributed by atoms with Crippen molar-refractivity contribution in [3.8, 4) is 0 Å². The number of hydrogen-bond acceptors (Lipinski definition) is 3. The van der Waals surface area contributed by atoms with Crippen LogP contribution in [0.25, 0.3) is 0 Å². The molecule has 1 aromatic rings. The van der Waals surface area contributed by atoms with Crippen LogP contribution >= 0.6 is 0 Å². The Morgan fingerprint density at radius 2 is 1.80 bits per heavy atom. The fraction of sp³-hybridized carbons (Fsp3) is 0.562. The van der Waals surface area contributed by atoms with E-state index in [1.807, 2.05) is 12.1 Å². The quantitative estimate of drug-likeness (QED) is 0.402. The zero-order valence-electron chi connectivity index (χ0n) is 12.3. The Morgan fingerprint density at radius 1 is 1.15 bits per heavy atom. The molecule has 4 nitrogen and oxygen atoms in total. The van der Waals surface area contributed by atoms with Gasteiger partial charge in [-0.15, -0.1) is 0 Å². The average molecular weight is 275 g/mol. The lowest BCUT2D eigenvalue weighted by Gasteiger charge is -2.01. The summed E-state index contributed by atoms with van der Waals surface area (Å²) in [5.41, 5.74) is 3.48. The lowest BCUT2D eigenvalue weighted by atomic mass is 10.1. The second kappa shape index (κ2) is 11.1. The number of rotatable bonds is 10. The third-order valence-electron chi connectivity index (χ3n) is 3.12. The molecule has 0 bridgehead atoms. The Balaban J connectivity index is 2.02. The van der Waals surface area contributed by atoms with Crippen molar-refractivity contribution >= 4 is 12.1 Å². The molecule has 1 aromatic heterocycles. The molecule has 1 amide bonds. The fourth-order valence-electron chi connectivity index (χ4n) is 1.93. The maximum Gasteiger partial charge on any atom is 0.240 e. The number of nitrogens with zero attached hydrogens (tertiary/aromatic N) is 2. The summed E-state index contributed by atoms with van der Waals surface area (Å²) in [6, 6.07) is 3.68. The highest BCUT2D eigenvalue weighted by Crippen LogP contribution is 2.08. The molecule has 1 N–H and O–H groups in total. The molecule has 1 rings (SSSR count). The normalized spacial score (nSPS) is 10.8. The largest absolute Gasteiger partial charge is 0.273 e. The van der Waals surface area contributed by atoms with Crippen molar-refractivity contribution in [2.24, 2.45) is 5.10 Å². The number of pyridine rings is 1. The van der Waals surface area contributed by atoms with Gasteiger partial charge in [0.2, 0.25) is 5.91 Å². The minimum absolute atomic E-state index is 0.0103. The van der Waals surface area contributed by atoms with E-state index < -0.39 is 0 Å². The molecule has 0 aliphatic rings. The van der Waals surface area contributed by atoms with E-state index in [2.05, 4.69) is 22.4 Å². The lowest BCUT2D eigenvalue weighted by Crippen LogP contribution is -2.16. The van der Waals surface area contributed by atoms with Crippen molar-refractivity contribution in [3.63, 3.8) is 0 Å². The molecule has 0 aliphatic heterocycles. The van der Waals surface area contributed by atoms with E-state index in [0.29, 0.717) is 6.42 Å². The van der Waals surface area contributed by atoms with E-state index in [4.69, 9.17) is 0 Å². The summed E-state index contributed by atoms with van der Waals surface area (Å²) in [5.74, 6) is -0.0103. The molecule has 20 heavy (non-hydrogen) atoms. The molecule has 0 saturated heterocycles. The number of carbonyl (C=O) groups excluding carboxylic acids is 1. The van der Waals surface area contributed by atoms with Gasteiger partial charge < -0.3 is 0 Å². The van der Waals surface area contributed by atoms with Gasteiger partial charge in [0.1, 0.15) is 0 Å². The van der Waals surface area contributed by atoms with Crippen LogP contribution in [0.3, 0.4) is 0 Å². The predicted molar refractivity (Wildman–Crippen MR) is 82.6 cm³/mol. The van der Waals surface area contributed by atoms with Crippen LogP contribution in [-0.2, 0) is 4.79 Å². The number of carbonyl (C=O) groups is 1. The highest BCUT2D eigenvalue weighted by atomic mass is 16.2. The summed E-state index contributed by atoms with van der Waals surface area (Å²) in [4.78, 5) is 15.4.